The van der Waals surface area contributed by atoms with Gasteiger partial charge in [0, 0.05) is 3.57 Å². The van der Waals surface area contributed by atoms with Crippen LogP contribution in [-0.4, -0.2) is 17.6 Å². The topological polar surface area (TPSA) is 9.23 Å². The van der Waals surface area contributed by atoms with Crippen molar-refractivity contribution < 1.29 is 4.74 Å². The predicted molar refractivity (Wildman–Crippen MR) is 86.1 cm³/mol. The van der Waals surface area contributed by atoms with E-state index in [1.54, 1.807) is 0 Å². The molecule has 1 aromatic carbocycles. The number of halogens is 1. The van der Waals surface area contributed by atoms with Crippen LogP contribution in [0.5, 0.6) is 5.75 Å². The highest BCUT2D eigenvalue weighted by Gasteiger charge is 1.96. The molecule has 0 atom stereocenters. The van der Waals surface area contributed by atoms with Gasteiger partial charge in [-0.25, -0.2) is 0 Å². The van der Waals surface area contributed by atoms with Crippen LogP contribution in [0.3, 0.4) is 0 Å². The van der Waals surface area contributed by atoms with Crippen molar-refractivity contribution in [2.75, 3.05) is 12.4 Å². The van der Waals surface area contributed by atoms with Crippen molar-refractivity contribution in [3.8, 4) is 5.75 Å². The fourth-order valence-electron chi connectivity index (χ4n) is 1.42. The van der Waals surface area contributed by atoms with Crippen LogP contribution >= 0.6 is 34.4 Å². The maximum atomic E-state index is 5.68. The summed E-state index contributed by atoms with van der Waals surface area (Å²) in [6.45, 7) is 5.35. The van der Waals surface area contributed by atoms with Crippen LogP contribution < -0.4 is 4.74 Å². The largest absolute Gasteiger partial charge is 0.494 e. The van der Waals surface area contributed by atoms with Crippen molar-refractivity contribution in [3.05, 3.63) is 27.8 Å². The fraction of sp³-hybridized carbons (Fsp3) is 0.571. The summed E-state index contributed by atoms with van der Waals surface area (Å²) in [5.74, 6) is 2.27. The molecule has 0 radical (unpaired) electrons. The van der Waals surface area contributed by atoms with Gasteiger partial charge in [0.1, 0.15) is 5.75 Å². The van der Waals surface area contributed by atoms with Gasteiger partial charge in [0.15, 0.2) is 0 Å². The van der Waals surface area contributed by atoms with Gasteiger partial charge in [-0.3, -0.25) is 0 Å². The third-order valence-electron chi connectivity index (χ3n) is 2.32. The van der Waals surface area contributed by atoms with E-state index < -0.39 is 0 Å². The summed E-state index contributed by atoms with van der Waals surface area (Å²) in [5, 5.41) is 0.762. The van der Waals surface area contributed by atoms with Crippen LogP contribution in [0.4, 0.5) is 0 Å². The molecule has 1 nitrogen and oxygen atoms in total. The van der Waals surface area contributed by atoms with E-state index in [4.69, 9.17) is 4.74 Å². The normalized spacial score (nSPS) is 10.8. The predicted octanol–water partition coefficient (Wildman–Crippen LogP) is 4.98. The van der Waals surface area contributed by atoms with Gasteiger partial charge in [0.05, 0.1) is 6.61 Å². The second kappa shape index (κ2) is 9.09. The maximum Gasteiger partial charge on any atom is 0.119 e. The molecular weight excluding hydrogens is 343 g/mol. The van der Waals surface area contributed by atoms with E-state index >= 15 is 0 Å². The first-order chi connectivity index (χ1) is 8.18. The Morgan fingerprint density at radius 2 is 1.82 bits per heavy atom. The lowest BCUT2D eigenvalue weighted by molar-refractivity contribution is 0.306. The number of rotatable bonds is 8. The van der Waals surface area contributed by atoms with E-state index in [0.29, 0.717) is 0 Å². The number of ether oxygens (including phenoxy) is 1. The van der Waals surface area contributed by atoms with Gasteiger partial charge in [0.2, 0.25) is 0 Å². The molecule has 3 heteroatoms. The van der Waals surface area contributed by atoms with Gasteiger partial charge in [-0.1, -0.05) is 13.8 Å². The van der Waals surface area contributed by atoms with E-state index in [9.17, 15) is 0 Å². The molecule has 0 fully saturated rings. The van der Waals surface area contributed by atoms with Gasteiger partial charge in [-0.05, 0) is 77.1 Å². The summed E-state index contributed by atoms with van der Waals surface area (Å²) >= 11 is 4.35. The highest BCUT2D eigenvalue weighted by molar-refractivity contribution is 14.1. The molecule has 0 saturated heterocycles. The molecule has 1 rings (SSSR count). The van der Waals surface area contributed by atoms with Gasteiger partial charge in [-0.15, -0.1) is 0 Å². The molecule has 0 bridgehead atoms. The molecule has 0 aliphatic heterocycles. The van der Waals surface area contributed by atoms with Gasteiger partial charge >= 0.3 is 0 Å². The summed E-state index contributed by atoms with van der Waals surface area (Å²) < 4.78 is 6.93. The van der Waals surface area contributed by atoms with Crippen molar-refractivity contribution in [3.63, 3.8) is 0 Å². The van der Waals surface area contributed by atoms with Crippen LogP contribution in [0.1, 0.15) is 33.1 Å². The summed E-state index contributed by atoms with van der Waals surface area (Å²) in [6.07, 6.45) is 3.73. The molecule has 0 amide bonds. The van der Waals surface area contributed by atoms with Crippen molar-refractivity contribution in [2.45, 2.75) is 38.4 Å². The van der Waals surface area contributed by atoms with Crippen molar-refractivity contribution in [1.29, 1.82) is 0 Å². The first-order valence-electron chi connectivity index (χ1n) is 6.18. The van der Waals surface area contributed by atoms with E-state index in [2.05, 4.69) is 48.6 Å². The molecule has 1 aromatic rings. The smallest absolute Gasteiger partial charge is 0.119 e. The minimum absolute atomic E-state index is 0.762. The van der Waals surface area contributed by atoms with Gasteiger partial charge in [-0.2, -0.15) is 11.8 Å². The highest BCUT2D eigenvalue weighted by Crippen LogP contribution is 2.15. The lowest BCUT2D eigenvalue weighted by atomic mass is 10.3. The van der Waals surface area contributed by atoms with E-state index in [1.165, 1.54) is 22.2 Å². The monoisotopic (exact) mass is 364 g/mol. The van der Waals surface area contributed by atoms with Gasteiger partial charge in [0.25, 0.3) is 0 Å². The Kier molecular flexibility index (Phi) is 8.10. The second-order valence-electron chi connectivity index (χ2n) is 4.28. The Balaban J connectivity index is 1.99. The Morgan fingerprint density at radius 1 is 1.12 bits per heavy atom. The highest BCUT2D eigenvalue weighted by atomic mass is 127. The summed E-state index contributed by atoms with van der Waals surface area (Å²) in [4.78, 5) is 0. The number of benzene rings is 1. The summed E-state index contributed by atoms with van der Waals surface area (Å²) in [7, 11) is 0. The minimum Gasteiger partial charge on any atom is -0.494 e. The quantitative estimate of drug-likeness (QED) is 0.475. The first kappa shape index (κ1) is 15.2. The van der Waals surface area contributed by atoms with Crippen LogP contribution in [0.25, 0.3) is 0 Å². The van der Waals surface area contributed by atoms with E-state index in [0.717, 1.165) is 24.0 Å². The average molecular weight is 364 g/mol. The number of thioether (sulfide) groups is 1. The number of unbranched alkanes of at least 4 members (excludes halogenated alkanes) is 2. The number of hydrogen-bond donors (Lipinski definition) is 0. The molecule has 17 heavy (non-hydrogen) atoms. The minimum atomic E-state index is 0.762. The maximum absolute atomic E-state index is 5.68. The van der Waals surface area contributed by atoms with Crippen LogP contribution in [0, 0.1) is 3.57 Å². The molecule has 0 unspecified atom stereocenters. The van der Waals surface area contributed by atoms with Crippen molar-refractivity contribution >= 4 is 34.4 Å². The second-order valence-corrected chi connectivity index (χ2v) is 7.21. The lowest BCUT2D eigenvalue weighted by Gasteiger charge is -2.07. The zero-order valence-electron chi connectivity index (χ0n) is 10.6. The summed E-state index contributed by atoms with van der Waals surface area (Å²) in [5.41, 5.74) is 0. The van der Waals surface area contributed by atoms with Crippen molar-refractivity contribution in [2.24, 2.45) is 0 Å². The molecule has 0 aliphatic carbocycles. The van der Waals surface area contributed by atoms with Gasteiger partial charge < -0.3 is 4.74 Å². The molecule has 0 saturated carbocycles. The first-order valence-corrected chi connectivity index (χ1v) is 8.31. The van der Waals surface area contributed by atoms with Crippen LogP contribution in [-0.2, 0) is 0 Å². The Labute approximate surface area is 123 Å². The van der Waals surface area contributed by atoms with Crippen LogP contribution in [0.15, 0.2) is 24.3 Å². The molecule has 96 valence electrons. The molecule has 0 N–H and O–H groups in total. The number of hydrogen-bond acceptors (Lipinski definition) is 2. The fourth-order valence-corrected chi connectivity index (χ4v) is 2.62. The van der Waals surface area contributed by atoms with Crippen molar-refractivity contribution in [1.82, 2.24) is 0 Å². The zero-order chi connectivity index (χ0) is 12.5. The third-order valence-corrected chi connectivity index (χ3v) is 4.23. The van der Waals surface area contributed by atoms with Crippen LogP contribution in [0.2, 0.25) is 0 Å². The lowest BCUT2D eigenvalue weighted by Crippen LogP contribution is -1.98. The molecular formula is C14H21IOS. The van der Waals surface area contributed by atoms with E-state index in [1.807, 2.05) is 23.9 Å². The Bertz CT molecular complexity index is 298. The summed E-state index contributed by atoms with van der Waals surface area (Å²) in [6, 6.07) is 8.23. The Morgan fingerprint density at radius 3 is 2.47 bits per heavy atom. The standard InChI is InChI=1S/C14H21IOS/c1-12(2)17-11-5-3-4-10-16-14-8-6-13(15)7-9-14/h6-9,12H,3-5,10-11H2,1-2H3. The SMILES string of the molecule is CC(C)SCCCCCOc1ccc(I)cc1. The zero-order valence-corrected chi connectivity index (χ0v) is 13.6. The molecule has 0 spiro atoms. The third kappa shape index (κ3) is 7.92. The molecule has 0 aromatic heterocycles. The molecule has 0 aliphatic rings. The van der Waals surface area contributed by atoms with E-state index in [-0.39, 0.29) is 0 Å². The molecule has 0 heterocycles. The average Bonchev–Trinajstić information content (AvgIpc) is 2.30. The Hall–Kier alpha value is 0.1000.